The van der Waals surface area contributed by atoms with Gasteiger partial charge in [-0.3, -0.25) is 0 Å². The molecule has 0 radical (unpaired) electrons. The molecule has 0 bridgehead atoms. The number of aromatic nitrogens is 1. The minimum absolute atomic E-state index is 1.11. The van der Waals surface area contributed by atoms with Gasteiger partial charge >= 0.3 is 0 Å². The van der Waals surface area contributed by atoms with Crippen molar-refractivity contribution in [2.45, 2.75) is 0 Å². The summed E-state index contributed by atoms with van der Waals surface area (Å²) >= 11 is 0. The highest BCUT2D eigenvalue weighted by Gasteiger charge is 2.17. The summed E-state index contributed by atoms with van der Waals surface area (Å²) in [6, 6.07) is 78.8. The van der Waals surface area contributed by atoms with Crippen molar-refractivity contribution in [3.05, 3.63) is 218 Å². The number of anilines is 3. The number of fused-ring (bicyclic) bond motifs is 4. The van der Waals surface area contributed by atoms with Gasteiger partial charge in [-0.15, -0.1) is 0 Å². The van der Waals surface area contributed by atoms with E-state index < -0.39 is 0 Å². The zero-order chi connectivity index (χ0) is 35.8. The van der Waals surface area contributed by atoms with Crippen LogP contribution >= 0.6 is 0 Å². The molecule has 0 saturated carbocycles. The van der Waals surface area contributed by atoms with E-state index in [1.54, 1.807) is 0 Å². The van der Waals surface area contributed by atoms with E-state index in [1.165, 1.54) is 66.0 Å². The normalized spacial score (nSPS) is 11.3. The van der Waals surface area contributed by atoms with Gasteiger partial charge in [0.2, 0.25) is 0 Å². The summed E-state index contributed by atoms with van der Waals surface area (Å²) in [5.74, 6) is 0. The number of nitrogens with zero attached hydrogens (tertiary/aromatic N) is 2. The molecule has 10 rings (SSSR count). The van der Waals surface area contributed by atoms with Crippen LogP contribution in [0, 0.1) is 0 Å². The highest BCUT2D eigenvalue weighted by atomic mass is 15.1. The van der Waals surface area contributed by atoms with E-state index in [1.807, 2.05) is 0 Å². The SMILES string of the molecule is c1ccc(N(c2ccc(-c3ccc4ccccc4c3)cc2)c2cccc(-c3cccc(-c4cccc5c4c4ccccc4n5-c4ccccc4)c3)c2)cc1. The third-order valence-corrected chi connectivity index (χ3v) is 10.5. The Kier molecular flexibility index (Phi) is 7.85. The Morgan fingerprint density at radius 3 is 1.72 bits per heavy atom. The fourth-order valence-electron chi connectivity index (χ4n) is 8.00. The second kappa shape index (κ2) is 13.4. The molecule has 0 atom stereocenters. The zero-order valence-corrected chi connectivity index (χ0v) is 29.7. The Morgan fingerprint density at radius 2 is 0.889 bits per heavy atom. The second-order valence-corrected chi connectivity index (χ2v) is 13.8. The molecule has 0 aliphatic heterocycles. The van der Waals surface area contributed by atoms with Gasteiger partial charge in [-0.1, -0.05) is 146 Å². The minimum Gasteiger partial charge on any atom is -0.310 e. The van der Waals surface area contributed by atoms with Crippen LogP contribution < -0.4 is 4.90 Å². The quantitative estimate of drug-likeness (QED) is 0.162. The second-order valence-electron chi connectivity index (χ2n) is 13.8. The maximum atomic E-state index is 2.38. The Morgan fingerprint density at radius 1 is 0.315 bits per heavy atom. The van der Waals surface area contributed by atoms with Crippen LogP contribution in [0.25, 0.3) is 71.6 Å². The maximum Gasteiger partial charge on any atom is 0.0547 e. The number of para-hydroxylation sites is 3. The molecule has 0 aliphatic rings. The Balaban J connectivity index is 1.04. The summed E-state index contributed by atoms with van der Waals surface area (Å²) in [6.45, 7) is 0. The van der Waals surface area contributed by atoms with Crippen LogP contribution in [0.3, 0.4) is 0 Å². The van der Waals surface area contributed by atoms with Crippen molar-refractivity contribution < 1.29 is 0 Å². The molecule has 0 N–H and O–H groups in total. The molecule has 2 nitrogen and oxygen atoms in total. The molecule has 0 amide bonds. The van der Waals surface area contributed by atoms with Crippen LogP contribution in [0.2, 0.25) is 0 Å². The monoisotopic (exact) mass is 688 g/mol. The van der Waals surface area contributed by atoms with Gasteiger partial charge in [0.25, 0.3) is 0 Å². The summed E-state index contributed by atoms with van der Waals surface area (Å²) < 4.78 is 2.38. The van der Waals surface area contributed by atoms with Gasteiger partial charge in [0.1, 0.15) is 0 Å². The molecular weight excluding hydrogens is 653 g/mol. The molecule has 0 aliphatic carbocycles. The number of benzene rings is 9. The van der Waals surface area contributed by atoms with E-state index in [2.05, 4.69) is 228 Å². The van der Waals surface area contributed by atoms with E-state index >= 15 is 0 Å². The van der Waals surface area contributed by atoms with Gasteiger partial charge in [-0.25, -0.2) is 0 Å². The summed E-state index contributed by atoms with van der Waals surface area (Å²) in [7, 11) is 0. The lowest BCUT2D eigenvalue weighted by atomic mass is 9.95. The zero-order valence-electron chi connectivity index (χ0n) is 29.7. The molecule has 1 aromatic heterocycles. The van der Waals surface area contributed by atoms with Crippen molar-refractivity contribution in [3.8, 4) is 39.1 Å². The van der Waals surface area contributed by atoms with Crippen LogP contribution in [0.15, 0.2) is 218 Å². The Bertz CT molecular complexity index is 2920. The van der Waals surface area contributed by atoms with Crippen LogP contribution in [0.4, 0.5) is 17.1 Å². The summed E-state index contributed by atoms with van der Waals surface area (Å²) in [5, 5.41) is 5.03. The smallest absolute Gasteiger partial charge is 0.0547 e. The molecule has 54 heavy (non-hydrogen) atoms. The third-order valence-electron chi connectivity index (χ3n) is 10.5. The molecule has 0 fully saturated rings. The van der Waals surface area contributed by atoms with E-state index in [9.17, 15) is 0 Å². The maximum absolute atomic E-state index is 2.38. The molecular formula is C52H36N2. The van der Waals surface area contributed by atoms with E-state index in [0.717, 1.165) is 22.7 Å². The van der Waals surface area contributed by atoms with E-state index in [0.29, 0.717) is 0 Å². The third kappa shape index (κ3) is 5.62. The van der Waals surface area contributed by atoms with Gasteiger partial charge in [0, 0.05) is 33.5 Å². The highest BCUT2D eigenvalue weighted by molar-refractivity contribution is 6.15. The van der Waals surface area contributed by atoms with Crippen molar-refractivity contribution in [1.29, 1.82) is 0 Å². The molecule has 2 heteroatoms. The lowest BCUT2D eigenvalue weighted by molar-refractivity contribution is 1.18. The fraction of sp³-hybridized carbons (Fsp3) is 0. The van der Waals surface area contributed by atoms with E-state index in [-0.39, 0.29) is 0 Å². The average molecular weight is 689 g/mol. The van der Waals surface area contributed by atoms with Crippen molar-refractivity contribution in [1.82, 2.24) is 4.57 Å². The number of hydrogen-bond acceptors (Lipinski definition) is 1. The van der Waals surface area contributed by atoms with Gasteiger partial charge in [0.15, 0.2) is 0 Å². The van der Waals surface area contributed by atoms with Gasteiger partial charge in [0.05, 0.1) is 11.0 Å². The van der Waals surface area contributed by atoms with Gasteiger partial charge in [-0.2, -0.15) is 0 Å². The first-order chi connectivity index (χ1) is 26.8. The molecule has 10 aromatic rings. The standard InChI is InChI=1S/C52H36N2/c1-3-19-44(20-4-1)53(46-32-30-38(31-33-46)42-29-28-37-14-7-8-15-39(37)34-42)47-23-12-17-41(36-47)40-16-11-18-43(35-40)48-25-13-27-51-52(48)49-24-9-10-26-50(49)54(51)45-21-5-2-6-22-45/h1-36H. The largest absolute Gasteiger partial charge is 0.310 e. The molecule has 0 saturated heterocycles. The molecule has 9 aromatic carbocycles. The highest BCUT2D eigenvalue weighted by Crippen LogP contribution is 2.41. The molecule has 254 valence electrons. The van der Waals surface area contributed by atoms with Crippen LogP contribution in [0.5, 0.6) is 0 Å². The first-order valence-electron chi connectivity index (χ1n) is 18.5. The Labute approximate surface area is 315 Å². The Hall–Kier alpha value is -7.16. The van der Waals surface area contributed by atoms with Crippen molar-refractivity contribution in [2.75, 3.05) is 4.90 Å². The lowest BCUT2D eigenvalue weighted by Gasteiger charge is -2.26. The van der Waals surface area contributed by atoms with Crippen LogP contribution in [-0.4, -0.2) is 4.57 Å². The predicted octanol–water partition coefficient (Wildman–Crippen LogP) is 14.4. The fourth-order valence-corrected chi connectivity index (χ4v) is 8.00. The molecule has 0 spiro atoms. The molecule has 1 heterocycles. The first-order valence-corrected chi connectivity index (χ1v) is 18.5. The first kappa shape index (κ1) is 31.6. The molecule has 0 unspecified atom stereocenters. The predicted molar refractivity (Wildman–Crippen MR) is 229 cm³/mol. The topological polar surface area (TPSA) is 8.17 Å². The van der Waals surface area contributed by atoms with Crippen molar-refractivity contribution in [2.24, 2.45) is 0 Å². The van der Waals surface area contributed by atoms with Crippen LogP contribution in [-0.2, 0) is 0 Å². The average Bonchev–Trinajstić information content (AvgIpc) is 3.59. The van der Waals surface area contributed by atoms with Crippen molar-refractivity contribution >= 4 is 49.6 Å². The minimum atomic E-state index is 1.11. The van der Waals surface area contributed by atoms with Crippen LogP contribution in [0.1, 0.15) is 0 Å². The summed E-state index contributed by atoms with van der Waals surface area (Å²) in [6.07, 6.45) is 0. The van der Waals surface area contributed by atoms with E-state index in [4.69, 9.17) is 0 Å². The number of hydrogen-bond donors (Lipinski definition) is 0. The summed E-state index contributed by atoms with van der Waals surface area (Å²) in [5.41, 5.74) is 14.1. The van der Waals surface area contributed by atoms with Gasteiger partial charge in [-0.05, 0) is 117 Å². The van der Waals surface area contributed by atoms with Gasteiger partial charge < -0.3 is 9.47 Å². The summed E-state index contributed by atoms with van der Waals surface area (Å²) in [4.78, 5) is 2.34. The van der Waals surface area contributed by atoms with Crippen molar-refractivity contribution in [3.63, 3.8) is 0 Å². The number of rotatable bonds is 7. The lowest BCUT2D eigenvalue weighted by Crippen LogP contribution is -2.09.